The zero-order valence-electron chi connectivity index (χ0n) is 61.1. The number of pyridine rings is 6. The molecule has 0 fully saturated rings. The molecule has 8 nitrogen and oxygen atoms in total. The van der Waals surface area contributed by atoms with Crippen molar-refractivity contribution in [1.29, 1.82) is 0 Å². The van der Waals surface area contributed by atoms with E-state index in [9.17, 15) is 0 Å². The lowest BCUT2D eigenvalue weighted by atomic mass is 9.86. The average molecular weight is 1290 g/mol. The van der Waals surface area contributed by atoms with Crippen molar-refractivity contribution in [1.82, 2.24) is 39.0 Å². The lowest BCUT2D eigenvalue weighted by Gasteiger charge is -2.21. The first-order valence-electron chi connectivity index (χ1n) is 34.2. The second-order valence-electron chi connectivity index (χ2n) is 31.1. The predicted molar refractivity (Wildman–Crippen MR) is 417 cm³/mol. The Hall–Kier alpha value is -10.2. The molecule has 0 aliphatic heterocycles. The summed E-state index contributed by atoms with van der Waals surface area (Å²) in [6.07, 6.45) is 13.2. The van der Waals surface area contributed by atoms with Crippen LogP contribution in [0.25, 0.3) is 77.6 Å². The van der Waals surface area contributed by atoms with Crippen LogP contribution in [-0.2, 0) is 32.5 Å². The lowest BCUT2D eigenvalue weighted by molar-refractivity contribution is 0.568. The molecule has 0 atom stereocenters. The van der Waals surface area contributed by atoms with Crippen LogP contribution < -0.4 is 0 Å². The standard InChI is InChI=1S/2C21H20N2.2C15H17N.2C9H13N/c1-21(2,3)19-13-8-14-20(22-19)23-17-11-6-4-9-15(17)16-10-5-7-12-18(16)23;1-21(2,3)15-12-13-20(22-14-15)23-18-10-6-4-8-16(18)17-9-5-7-11-19(17)23;1-15(2,3)14-13(10-7-11-16-14)12-8-5-4-6-9-12;1-15(2,3)13-9-10-14(16-11-13)12-7-5-4-6-8-12;1-9(2,3)8-4-6-10-7-5-8;1-9(2,3)8-5-4-6-10-7-8/h2*4-14H,1-3H3;2*4-11H,1-3H3;2*4-7H,1-3H3. The molecule has 0 N–H and O–H groups in total. The zero-order chi connectivity index (χ0) is 70.5. The van der Waals surface area contributed by atoms with E-state index in [0.717, 1.165) is 28.7 Å². The number of benzene rings is 6. The Morgan fingerprint density at radius 1 is 0.255 bits per heavy atom. The molecule has 0 saturated carbocycles. The molecule has 0 radical (unpaired) electrons. The molecule has 98 heavy (non-hydrogen) atoms. The third-order valence-electron chi connectivity index (χ3n) is 17.1. The van der Waals surface area contributed by atoms with E-state index in [4.69, 9.17) is 9.97 Å². The van der Waals surface area contributed by atoms with Crippen LogP contribution in [0.1, 0.15) is 158 Å². The molecule has 8 heteroatoms. The molecule has 0 amide bonds. The maximum absolute atomic E-state index is 4.95. The van der Waals surface area contributed by atoms with Crippen molar-refractivity contribution in [3.63, 3.8) is 0 Å². The summed E-state index contributed by atoms with van der Waals surface area (Å²) in [5.74, 6) is 1.95. The van der Waals surface area contributed by atoms with Crippen LogP contribution in [0.3, 0.4) is 0 Å². The first kappa shape index (κ1) is 72.1. The normalized spacial score (nSPS) is 11.8. The van der Waals surface area contributed by atoms with Crippen LogP contribution in [-0.4, -0.2) is 39.0 Å². The summed E-state index contributed by atoms with van der Waals surface area (Å²) in [6, 6.07) is 82.0. The van der Waals surface area contributed by atoms with E-state index >= 15 is 0 Å². The Morgan fingerprint density at radius 2 is 0.684 bits per heavy atom. The summed E-state index contributed by atoms with van der Waals surface area (Å²) >= 11 is 0. The van der Waals surface area contributed by atoms with Crippen molar-refractivity contribution >= 4 is 43.6 Å². The van der Waals surface area contributed by atoms with Crippen LogP contribution in [0.2, 0.25) is 0 Å². The van der Waals surface area contributed by atoms with Gasteiger partial charge in [0.25, 0.3) is 0 Å². The van der Waals surface area contributed by atoms with Crippen molar-refractivity contribution in [2.75, 3.05) is 0 Å². The molecule has 0 saturated heterocycles. The van der Waals surface area contributed by atoms with Crippen molar-refractivity contribution < 1.29 is 0 Å². The van der Waals surface area contributed by atoms with Gasteiger partial charge in [0.1, 0.15) is 11.6 Å². The van der Waals surface area contributed by atoms with Gasteiger partial charge in [-0.05, 0) is 122 Å². The molecule has 8 heterocycles. The smallest absolute Gasteiger partial charge is 0.137 e. The molecular formula is C90H100N8. The maximum Gasteiger partial charge on any atom is 0.137 e. The number of hydrogen-bond donors (Lipinski definition) is 0. The Labute approximate surface area is 584 Å². The molecule has 0 unspecified atom stereocenters. The Kier molecular flexibility index (Phi) is 22.7. The SMILES string of the molecule is CC(C)(C)c1ccc(-c2ccccc2)nc1.CC(C)(C)c1ccc(-n2c3ccccc3c3ccccc32)nc1.CC(C)(C)c1cccc(-n2c3ccccc3c3ccccc32)n1.CC(C)(C)c1cccnc1.CC(C)(C)c1ccncc1.CC(C)(C)c1ncccc1-c1ccccc1. The minimum Gasteiger partial charge on any atom is -0.294 e. The fraction of sp³-hybridized carbons (Fsp3) is 0.267. The molecular weight excluding hydrogens is 1190 g/mol. The lowest BCUT2D eigenvalue weighted by Crippen LogP contribution is -2.14. The minimum absolute atomic E-state index is 0.0365. The predicted octanol–water partition coefficient (Wildman–Crippen LogP) is 23.8. The summed E-state index contributed by atoms with van der Waals surface area (Å²) < 4.78 is 4.51. The first-order chi connectivity index (χ1) is 46.5. The number of nitrogens with zero attached hydrogens (tertiary/aromatic N) is 8. The van der Waals surface area contributed by atoms with Crippen LogP contribution in [0.15, 0.2) is 280 Å². The molecule has 14 rings (SSSR count). The fourth-order valence-corrected chi connectivity index (χ4v) is 11.4. The van der Waals surface area contributed by atoms with Gasteiger partial charge < -0.3 is 0 Å². The Morgan fingerprint density at radius 3 is 1.08 bits per heavy atom. The molecule has 0 aliphatic rings. The van der Waals surface area contributed by atoms with Crippen LogP contribution in [0.5, 0.6) is 0 Å². The van der Waals surface area contributed by atoms with Gasteiger partial charge in [0.15, 0.2) is 0 Å². The van der Waals surface area contributed by atoms with E-state index in [1.165, 1.54) is 82.6 Å². The molecule has 500 valence electrons. The fourth-order valence-electron chi connectivity index (χ4n) is 11.4. The zero-order valence-corrected chi connectivity index (χ0v) is 61.1. The summed E-state index contributed by atoms with van der Waals surface area (Å²) in [7, 11) is 0. The van der Waals surface area contributed by atoms with Crippen LogP contribution in [0.4, 0.5) is 0 Å². The Balaban J connectivity index is 0.000000142. The molecule has 0 bridgehead atoms. The molecule has 6 aromatic carbocycles. The van der Waals surface area contributed by atoms with Gasteiger partial charge >= 0.3 is 0 Å². The first-order valence-corrected chi connectivity index (χ1v) is 34.2. The molecule has 8 aromatic heterocycles. The molecule has 14 aromatic rings. The van der Waals surface area contributed by atoms with E-state index in [1.807, 2.05) is 73.6 Å². The van der Waals surface area contributed by atoms with E-state index in [0.29, 0.717) is 0 Å². The average Bonchev–Trinajstić information content (AvgIpc) is 1.62. The van der Waals surface area contributed by atoms with Gasteiger partial charge in [-0.1, -0.05) is 288 Å². The molecule has 0 aliphatic carbocycles. The topological polar surface area (TPSA) is 87.2 Å². The second-order valence-corrected chi connectivity index (χ2v) is 31.1. The van der Waals surface area contributed by atoms with Gasteiger partial charge in [-0.25, -0.2) is 9.97 Å². The van der Waals surface area contributed by atoms with Crippen molar-refractivity contribution in [3.05, 3.63) is 314 Å². The van der Waals surface area contributed by atoms with Gasteiger partial charge in [0.05, 0.1) is 33.5 Å². The van der Waals surface area contributed by atoms with E-state index in [1.54, 1.807) is 6.20 Å². The number of hydrogen-bond acceptors (Lipinski definition) is 6. The summed E-state index contributed by atoms with van der Waals surface area (Å²) in [5.41, 5.74) is 17.8. The molecule has 0 spiro atoms. The van der Waals surface area contributed by atoms with Gasteiger partial charge in [-0.3, -0.25) is 29.1 Å². The Bertz CT molecular complexity index is 4640. The highest BCUT2D eigenvalue weighted by Gasteiger charge is 2.22. The largest absolute Gasteiger partial charge is 0.294 e. The number of rotatable bonds is 4. The summed E-state index contributed by atoms with van der Waals surface area (Å²) in [5, 5.41) is 5.08. The second kappa shape index (κ2) is 30.9. The van der Waals surface area contributed by atoms with E-state index in [2.05, 4.69) is 354 Å². The van der Waals surface area contributed by atoms with Gasteiger partial charge in [-0.15, -0.1) is 0 Å². The number of aromatic nitrogens is 8. The maximum atomic E-state index is 4.95. The quantitative estimate of drug-likeness (QED) is 0.174. The highest BCUT2D eigenvalue weighted by molar-refractivity contribution is 6.10. The van der Waals surface area contributed by atoms with Crippen LogP contribution in [0, 0.1) is 0 Å². The summed E-state index contributed by atoms with van der Waals surface area (Å²) in [6.45, 7) is 39.6. The monoisotopic (exact) mass is 1290 g/mol. The third-order valence-corrected chi connectivity index (χ3v) is 17.1. The van der Waals surface area contributed by atoms with Crippen molar-refractivity contribution in [2.45, 2.75) is 157 Å². The highest BCUT2D eigenvalue weighted by atomic mass is 15.1. The van der Waals surface area contributed by atoms with E-state index in [-0.39, 0.29) is 32.5 Å². The van der Waals surface area contributed by atoms with Crippen molar-refractivity contribution in [3.8, 4) is 34.0 Å². The summed E-state index contributed by atoms with van der Waals surface area (Å²) in [4.78, 5) is 26.8. The van der Waals surface area contributed by atoms with E-state index < -0.39 is 0 Å². The van der Waals surface area contributed by atoms with Gasteiger partial charge in [0, 0.05) is 92.6 Å². The van der Waals surface area contributed by atoms with Gasteiger partial charge in [-0.2, -0.15) is 0 Å². The highest BCUT2D eigenvalue weighted by Crippen LogP contribution is 2.35. The van der Waals surface area contributed by atoms with Gasteiger partial charge in [0.2, 0.25) is 0 Å². The third kappa shape index (κ3) is 18.5. The number of fused-ring (bicyclic) bond motifs is 6. The van der Waals surface area contributed by atoms with Crippen LogP contribution >= 0.6 is 0 Å². The number of para-hydroxylation sites is 4. The minimum atomic E-state index is 0.0365. The van der Waals surface area contributed by atoms with Crippen molar-refractivity contribution in [2.24, 2.45) is 0 Å².